The first-order chi connectivity index (χ1) is 13.3. The van der Waals surface area contributed by atoms with Crippen molar-refractivity contribution >= 4 is 5.96 Å². The van der Waals surface area contributed by atoms with Gasteiger partial charge in [-0.1, -0.05) is 42.5 Å². The standard InChI is InChI=1S/C22H26N4O/c1-23-22(24-13-16-26-14-7-8-15-26)25-17-19-9-5-6-10-20(19)18-27-21-11-3-2-4-12-21/h2-12,14-15H,13,16-18H2,1H3,(H2,23,24,25). The summed E-state index contributed by atoms with van der Waals surface area (Å²) in [6, 6.07) is 22.2. The third kappa shape index (κ3) is 5.92. The minimum Gasteiger partial charge on any atom is -0.489 e. The van der Waals surface area contributed by atoms with Gasteiger partial charge in [-0.05, 0) is 35.4 Å². The van der Waals surface area contributed by atoms with Gasteiger partial charge < -0.3 is 19.9 Å². The second kappa shape index (κ2) is 10.1. The van der Waals surface area contributed by atoms with E-state index in [4.69, 9.17) is 4.74 Å². The summed E-state index contributed by atoms with van der Waals surface area (Å²) >= 11 is 0. The molecule has 0 fully saturated rings. The van der Waals surface area contributed by atoms with Crippen LogP contribution >= 0.6 is 0 Å². The van der Waals surface area contributed by atoms with Crippen molar-refractivity contribution in [2.24, 2.45) is 4.99 Å². The van der Waals surface area contributed by atoms with Crippen molar-refractivity contribution in [2.75, 3.05) is 13.6 Å². The summed E-state index contributed by atoms with van der Waals surface area (Å²) < 4.78 is 8.03. The Morgan fingerprint density at radius 1 is 0.889 bits per heavy atom. The fourth-order valence-corrected chi connectivity index (χ4v) is 2.77. The van der Waals surface area contributed by atoms with Crippen LogP contribution in [0.1, 0.15) is 11.1 Å². The molecule has 2 N–H and O–H groups in total. The minimum absolute atomic E-state index is 0.543. The van der Waals surface area contributed by atoms with Crippen LogP contribution in [-0.4, -0.2) is 24.1 Å². The number of guanidine groups is 1. The summed E-state index contributed by atoms with van der Waals surface area (Å²) in [4.78, 5) is 4.30. The number of nitrogens with one attached hydrogen (secondary N) is 2. The average Bonchev–Trinajstić information content (AvgIpc) is 3.24. The Kier molecular flexibility index (Phi) is 6.92. The maximum atomic E-state index is 5.90. The lowest BCUT2D eigenvalue weighted by Crippen LogP contribution is -2.38. The van der Waals surface area contributed by atoms with E-state index in [2.05, 4.69) is 44.7 Å². The van der Waals surface area contributed by atoms with E-state index in [1.165, 1.54) is 5.56 Å². The number of aliphatic imine (C=N–C) groups is 1. The molecule has 140 valence electrons. The number of nitrogens with zero attached hydrogens (tertiary/aromatic N) is 2. The van der Waals surface area contributed by atoms with Gasteiger partial charge in [0.05, 0.1) is 0 Å². The van der Waals surface area contributed by atoms with Gasteiger partial charge >= 0.3 is 0 Å². The molecule has 27 heavy (non-hydrogen) atoms. The monoisotopic (exact) mass is 362 g/mol. The summed E-state index contributed by atoms with van der Waals surface area (Å²) in [6.07, 6.45) is 4.11. The summed E-state index contributed by atoms with van der Waals surface area (Å²) in [5.74, 6) is 1.67. The highest BCUT2D eigenvalue weighted by molar-refractivity contribution is 5.79. The molecular weight excluding hydrogens is 336 g/mol. The second-order valence-corrected chi connectivity index (χ2v) is 6.14. The van der Waals surface area contributed by atoms with E-state index in [-0.39, 0.29) is 0 Å². The first-order valence-corrected chi connectivity index (χ1v) is 9.15. The SMILES string of the molecule is CN=C(NCCn1cccc1)NCc1ccccc1COc1ccccc1. The van der Waals surface area contributed by atoms with Crippen LogP contribution in [-0.2, 0) is 19.7 Å². The van der Waals surface area contributed by atoms with E-state index in [0.717, 1.165) is 30.4 Å². The molecule has 1 aromatic heterocycles. The lowest BCUT2D eigenvalue weighted by atomic mass is 10.1. The van der Waals surface area contributed by atoms with Crippen molar-refractivity contribution in [3.63, 3.8) is 0 Å². The summed E-state index contributed by atoms with van der Waals surface area (Å²) in [5, 5.41) is 6.72. The second-order valence-electron chi connectivity index (χ2n) is 6.14. The maximum absolute atomic E-state index is 5.90. The quantitative estimate of drug-likeness (QED) is 0.477. The lowest BCUT2D eigenvalue weighted by molar-refractivity contribution is 0.305. The van der Waals surface area contributed by atoms with Gasteiger partial charge in [0.25, 0.3) is 0 Å². The Morgan fingerprint density at radius 3 is 2.33 bits per heavy atom. The summed E-state index contributed by atoms with van der Waals surface area (Å²) in [6.45, 7) is 2.95. The highest BCUT2D eigenvalue weighted by atomic mass is 16.5. The molecule has 0 radical (unpaired) electrons. The number of aromatic nitrogens is 1. The van der Waals surface area contributed by atoms with Crippen LogP contribution in [0.3, 0.4) is 0 Å². The molecule has 3 rings (SSSR count). The number of hydrogen-bond acceptors (Lipinski definition) is 2. The Hall–Kier alpha value is -3.21. The number of rotatable bonds is 8. The molecule has 5 heteroatoms. The molecule has 0 aliphatic heterocycles. The maximum Gasteiger partial charge on any atom is 0.191 e. The summed E-state index contributed by atoms with van der Waals surface area (Å²) in [7, 11) is 1.79. The van der Waals surface area contributed by atoms with E-state index < -0.39 is 0 Å². The predicted molar refractivity (Wildman–Crippen MR) is 110 cm³/mol. The van der Waals surface area contributed by atoms with E-state index >= 15 is 0 Å². The van der Waals surface area contributed by atoms with Gasteiger partial charge in [0.1, 0.15) is 12.4 Å². The Bertz CT molecular complexity index is 829. The van der Waals surface area contributed by atoms with E-state index in [0.29, 0.717) is 13.2 Å². The van der Waals surface area contributed by atoms with E-state index in [1.54, 1.807) is 7.05 Å². The highest BCUT2D eigenvalue weighted by Crippen LogP contribution is 2.14. The fourth-order valence-electron chi connectivity index (χ4n) is 2.77. The van der Waals surface area contributed by atoms with Crippen molar-refractivity contribution < 1.29 is 4.74 Å². The van der Waals surface area contributed by atoms with Gasteiger partial charge in [0.2, 0.25) is 0 Å². The Morgan fingerprint density at radius 2 is 1.59 bits per heavy atom. The van der Waals surface area contributed by atoms with Crippen LogP contribution in [0.25, 0.3) is 0 Å². The topological polar surface area (TPSA) is 50.6 Å². The van der Waals surface area contributed by atoms with Crippen LogP contribution in [0.4, 0.5) is 0 Å². The molecule has 0 aliphatic carbocycles. The van der Waals surface area contributed by atoms with Crippen LogP contribution in [0.5, 0.6) is 5.75 Å². The van der Waals surface area contributed by atoms with Crippen LogP contribution in [0.2, 0.25) is 0 Å². The minimum atomic E-state index is 0.543. The van der Waals surface area contributed by atoms with Gasteiger partial charge in [-0.3, -0.25) is 4.99 Å². The first kappa shape index (κ1) is 18.6. The number of benzene rings is 2. The van der Waals surface area contributed by atoms with Crippen molar-refractivity contribution in [1.82, 2.24) is 15.2 Å². The van der Waals surface area contributed by atoms with Gasteiger partial charge in [0, 0.05) is 39.1 Å². The largest absolute Gasteiger partial charge is 0.489 e. The molecular formula is C22H26N4O. The molecule has 3 aromatic rings. The smallest absolute Gasteiger partial charge is 0.191 e. The molecule has 1 heterocycles. The fraction of sp³-hybridized carbons (Fsp3) is 0.227. The van der Waals surface area contributed by atoms with Gasteiger partial charge in [-0.15, -0.1) is 0 Å². The molecule has 0 aliphatic rings. The van der Waals surface area contributed by atoms with Crippen LogP contribution < -0.4 is 15.4 Å². The number of ether oxygens (including phenoxy) is 1. The van der Waals surface area contributed by atoms with E-state index in [1.807, 2.05) is 54.6 Å². The van der Waals surface area contributed by atoms with E-state index in [9.17, 15) is 0 Å². The van der Waals surface area contributed by atoms with Gasteiger partial charge in [-0.25, -0.2) is 0 Å². The predicted octanol–water partition coefficient (Wildman–Crippen LogP) is 3.43. The molecule has 0 unspecified atom stereocenters. The molecule has 5 nitrogen and oxygen atoms in total. The van der Waals surface area contributed by atoms with Gasteiger partial charge in [-0.2, -0.15) is 0 Å². The van der Waals surface area contributed by atoms with Crippen molar-refractivity contribution in [3.05, 3.63) is 90.3 Å². The third-order valence-electron chi connectivity index (χ3n) is 4.25. The normalized spacial score (nSPS) is 11.2. The molecule has 2 aromatic carbocycles. The van der Waals surface area contributed by atoms with Crippen molar-refractivity contribution in [2.45, 2.75) is 19.7 Å². The molecule has 0 saturated heterocycles. The molecule has 0 spiro atoms. The zero-order valence-electron chi connectivity index (χ0n) is 15.6. The van der Waals surface area contributed by atoms with Gasteiger partial charge in [0.15, 0.2) is 5.96 Å². The molecule has 0 atom stereocenters. The molecule has 0 bridgehead atoms. The van der Waals surface area contributed by atoms with Crippen LogP contribution in [0.15, 0.2) is 84.1 Å². The zero-order chi connectivity index (χ0) is 18.7. The van der Waals surface area contributed by atoms with Crippen molar-refractivity contribution in [1.29, 1.82) is 0 Å². The third-order valence-corrected chi connectivity index (χ3v) is 4.25. The molecule has 0 amide bonds. The Balaban J connectivity index is 1.50. The average molecular weight is 362 g/mol. The summed E-state index contributed by atoms with van der Waals surface area (Å²) in [5.41, 5.74) is 2.36. The highest BCUT2D eigenvalue weighted by Gasteiger charge is 2.04. The molecule has 0 saturated carbocycles. The van der Waals surface area contributed by atoms with Crippen LogP contribution in [0, 0.1) is 0 Å². The zero-order valence-corrected chi connectivity index (χ0v) is 15.6. The van der Waals surface area contributed by atoms with Crippen molar-refractivity contribution in [3.8, 4) is 5.75 Å². The number of hydrogen-bond donors (Lipinski definition) is 2. The number of para-hydroxylation sites is 1. The Labute approximate surface area is 160 Å². The first-order valence-electron chi connectivity index (χ1n) is 9.15. The lowest BCUT2D eigenvalue weighted by Gasteiger charge is -2.15.